The molecule has 1 aromatic carbocycles. The molecule has 0 radical (unpaired) electrons. The van der Waals surface area contributed by atoms with Crippen LogP contribution in [0, 0.1) is 5.82 Å². The Hall–Kier alpha value is -2.19. The molecule has 1 aliphatic rings. The van der Waals surface area contributed by atoms with Gasteiger partial charge in [-0.25, -0.2) is 4.39 Å². The lowest BCUT2D eigenvalue weighted by Gasteiger charge is -2.35. The number of halogens is 1. The van der Waals surface area contributed by atoms with E-state index < -0.39 is 11.9 Å². The predicted molar refractivity (Wildman–Crippen MR) is 89.5 cm³/mol. The number of aliphatic hydroxyl groups is 1. The number of rotatable bonds is 7. The summed E-state index contributed by atoms with van der Waals surface area (Å²) in [5.74, 6) is -0.468. The first-order valence-electron chi connectivity index (χ1n) is 8.15. The van der Waals surface area contributed by atoms with Crippen molar-refractivity contribution in [1.82, 2.24) is 15.1 Å². The first-order valence-corrected chi connectivity index (χ1v) is 8.15. The fraction of sp³-hybridized carbons (Fsp3) is 0.529. The topological polar surface area (TPSA) is 82.1 Å². The molecule has 25 heavy (non-hydrogen) atoms. The van der Waals surface area contributed by atoms with Gasteiger partial charge in [-0.05, 0) is 6.07 Å². The maximum absolute atomic E-state index is 14.2. The van der Waals surface area contributed by atoms with Gasteiger partial charge in [-0.1, -0.05) is 6.07 Å². The van der Waals surface area contributed by atoms with Gasteiger partial charge >= 0.3 is 0 Å². The third-order valence-electron chi connectivity index (χ3n) is 4.30. The fourth-order valence-corrected chi connectivity index (χ4v) is 2.77. The van der Waals surface area contributed by atoms with E-state index in [1.54, 1.807) is 24.1 Å². The Labute approximate surface area is 146 Å². The molecule has 1 aromatic rings. The van der Waals surface area contributed by atoms with Crippen molar-refractivity contribution < 1.29 is 23.8 Å². The average molecular weight is 353 g/mol. The molecule has 0 bridgehead atoms. The number of likely N-dealkylation sites (N-methyl/N-ethyl adjacent to an activating group) is 1. The second-order valence-electron chi connectivity index (χ2n) is 5.98. The molecule has 138 valence electrons. The highest BCUT2D eigenvalue weighted by molar-refractivity contribution is 5.88. The third-order valence-corrected chi connectivity index (χ3v) is 4.30. The maximum atomic E-state index is 14.2. The third kappa shape index (κ3) is 4.90. The summed E-state index contributed by atoms with van der Waals surface area (Å²) in [6.45, 7) is 1.28. The molecule has 2 N–H and O–H groups in total. The number of carbonyl (C=O) groups excluding carboxylic acids is 2. The molecule has 0 spiro atoms. The molecule has 2 amide bonds. The summed E-state index contributed by atoms with van der Waals surface area (Å²) < 4.78 is 19.2. The van der Waals surface area contributed by atoms with Gasteiger partial charge in [0.1, 0.15) is 11.6 Å². The summed E-state index contributed by atoms with van der Waals surface area (Å²) in [5, 5.41) is 11.7. The van der Waals surface area contributed by atoms with Gasteiger partial charge in [0.25, 0.3) is 0 Å². The van der Waals surface area contributed by atoms with Crippen molar-refractivity contribution in [2.24, 2.45) is 0 Å². The Morgan fingerprint density at radius 3 is 2.92 bits per heavy atom. The number of methoxy groups -OCH3 is 1. The second kappa shape index (κ2) is 8.77. The first kappa shape index (κ1) is 19.1. The van der Waals surface area contributed by atoms with Gasteiger partial charge in [0.2, 0.25) is 11.8 Å². The average Bonchev–Trinajstić information content (AvgIpc) is 2.59. The van der Waals surface area contributed by atoms with E-state index in [1.165, 1.54) is 18.1 Å². The molecule has 1 fully saturated rings. The minimum absolute atomic E-state index is 0.0138. The number of ether oxygens (including phenoxy) is 1. The van der Waals surface area contributed by atoms with Gasteiger partial charge in [0, 0.05) is 44.9 Å². The number of hydrogen-bond acceptors (Lipinski definition) is 5. The molecule has 0 saturated carbocycles. The van der Waals surface area contributed by atoms with Crippen molar-refractivity contribution in [3.63, 3.8) is 0 Å². The van der Waals surface area contributed by atoms with Crippen LogP contribution in [-0.4, -0.2) is 73.2 Å². The van der Waals surface area contributed by atoms with Crippen LogP contribution in [0.1, 0.15) is 12.0 Å². The van der Waals surface area contributed by atoms with Gasteiger partial charge in [0.05, 0.1) is 26.2 Å². The molecule has 8 heteroatoms. The quantitative estimate of drug-likeness (QED) is 0.720. The SMILES string of the molecule is COc1ccc(CN2CCNC(=O)[C@H]2CC(=O)N(C)CCO)c(F)c1. The zero-order valence-corrected chi connectivity index (χ0v) is 14.5. The molecule has 1 atom stereocenters. The number of nitrogens with one attached hydrogen (secondary N) is 1. The molecular weight excluding hydrogens is 329 g/mol. The summed E-state index contributed by atoms with van der Waals surface area (Å²) in [7, 11) is 3.04. The minimum atomic E-state index is -0.663. The van der Waals surface area contributed by atoms with Crippen molar-refractivity contribution >= 4 is 11.8 Å². The summed E-state index contributed by atoms with van der Waals surface area (Å²) in [4.78, 5) is 27.6. The van der Waals surface area contributed by atoms with Crippen LogP contribution >= 0.6 is 0 Å². The Morgan fingerprint density at radius 2 is 2.28 bits per heavy atom. The number of hydrogen-bond donors (Lipinski definition) is 2. The molecule has 7 nitrogen and oxygen atoms in total. The normalized spacial score (nSPS) is 17.9. The molecule has 0 unspecified atom stereocenters. The van der Waals surface area contributed by atoms with Crippen LogP contribution in [0.4, 0.5) is 4.39 Å². The van der Waals surface area contributed by atoms with Crippen LogP contribution < -0.4 is 10.1 Å². The van der Waals surface area contributed by atoms with Gasteiger partial charge < -0.3 is 20.1 Å². The van der Waals surface area contributed by atoms with E-state index in [2.05, 4.69) is 5.32 Å². The highest BCUT2D eigenvalue weighted by Crippen LogP contribution is 2.20. The standard InChI is InChI=1S/C17H24FN3O4/c1-20(7-8-22)16(23)10-15-17(24)19-5-6-21(15)11-12-3-4-13(25-2)9-14(12)18/h3-4,9,15,22H,5-8,10-11H2,1-2H3,(H,19,24)/t15-/m1/s1. The number of aliphatic hydroxyl groups excluding tert-OH is 1. The Morgan fingerprint density at radius 1 is 1.52 bits per heavy atom. The van der Waals surface area contributed by atoms with Crippen LogP contribution in [0.3, 0.4) is 0 Å². The van der Waals surface area contributed by atoms with E-state index in [0.29, 0.717) is 24.4 Å². The van der Waals surface area contributed by atoms with E-state index in [9.17, 15) is 14.0 Å². The molecule has 2 rings (SSSR count). The lowest BCUT2D eigenvalue weighted by molar-refractivity contribution is -0.138. The largest absolute Gasteiger partial charge is 0.497 e. The molecule has 1 heterocycles. The molecule has 0 aromatic heterocycles. The summed E-state index contributed by atoms with van der Waals surface area (Å²) in [6, 6.07) is 3.92. The van der Waals surface area contributed by atoms with Crippen molar-refractivity contribution in [3.8, 4) is 5.75 Å². The maximum Gasteiger partial charge on any atom is 0.237 e. The highest BCUT2D eigenvalue weighted by atomic mass is 19.1. The predicted octanol–water partition coefficient (Wildman–Crippen LogP) is -0.0245. The van der Waals surface area contributed by atoms with Crippen molar-refractivity contribution in [1.29, 1.82) is 0 Å². The second-order valence-corrected chi connectivity index (χ2v) is 5.98. The van der Waals surface area contributed by atoms with Crippen molar-refractivity contribution in [2.75, 3.05) is 40.4 Å². The number of amides is 2. The van der Waals surface area contributed by atoms with E-state index in [-0.39, 0.29) is 37.9 Å². The molecule has 1 saturated heterocycles. The van der Waals surface area contributed by atoms with Gasteiger partial charge in [-0.3, -0.25) is 14.5 Å². The number of piperazine rings is 1. The highest BCUT2D eigenvalue weighted by Gasteiger charge is 2.32. The number of nitrogens with zero attached hydrogens (tertiary/aromatic N) is 2. The van der Waals surface area contributed by atoms with Crippen LogP contribution in [-0.2, 0) is 16.1 Å². The fourth-order valence-electron chi connectivity index (χ4n) is 2.77. The Kier molecular flexibility index (Phi) is 6.72. The Balaban J connectivity index is 2.11. The zero-order chi connectivity index (χ0) is 18.4. The molecular formula is C17H24FN3O4. The van der Waals surface area contributed by atoms with E-state index in [0.717, 1.165) is 0 Å². The zero-order valence-electron chi connectivity index (χ0n) is 14.5. The summed E-state index contributed by atoms with van der Waals surface area (Å²) in [5.41, 5.74) is 0.441. The van der Waals surface area contributed by atoms with Gasteiger partial charge in [-0.2, -0.15) is 0 Å². The number of benzene rings is 1. The van der Waals surface area contributed by atoms with Crippen molar-refractivity contribution in [3.05, 3.63) is 29.6 Å². The van der Waals surface area contributed by atoms with Crippen molar-refractivity contribution in [2.45, 2.75) is 19.0 Å². The molecule has 0 aliphatic carbocycles. The monoisotopic (exact) mass is 353 g/mol. The van der Waals surface area contributed by atoms with Gasteiger partial charge in [0.15, 0.2) is 0 Å². The van der Waals surface area contributed by atoms with E-state index in [1.807, 2.05) is 0 Å². The van der Waals surface area contributed by atoms with E-state index >= 15 is 0 Å². The minimum Gasteiger partial charge on any atom is -0.497 e. The first-order chi connectivity index (χ1) is 12.0. The summed E-state index contributed by atoms with van der Waals surface area (Å²) in [6.07, 6.45) is -0.0138. The van der Waals surface area contributed by atoms with Crippen LogP contribution in [0.25, 0.3) is 0 Å². The Bertz CT molecular complexity index is 626. The number of carbonyl (C=O) groups is 2. The van der Waals surface area contributed by atoms with E-state index in [4.69, 9.17) is 9.84 Å². The lowest BCUT2D eigenvalue weighted by Crippen LogP contribution is -2.56. The lowest BCUT2D eigenvalue weighted by atomic mass is 10.1. The van der Waals surface area contributed by atoms with Crippen LogP contribution in [0.5, 0.6) is 5.75 Å². The van der Waals surface area contributed by atoms with Crippen LogP contribution in [0.2, 0.25) is 0 Å². The summed E-state index contributed by atoms with van der Waals surface area (Å²) >= 11 is 0. The molecule has 1 aliphatic heterocycles. The van der Waals surface area contributed by atoms with Crippen LogP contribution in [0.15, 0.2) is 18.2 Å². The smallest absolute Gasteiger partial charge is 0.237 e. The van der Waals surface area contributed by atoms with Gasteiger partial charge in [-0.15, -0.1) is 0 Å².